The van der Waals surface area contributed by atoms with Crippen molar-refractivity contribution in [3.63, 3.8) is 0 Å². The molecule has 1 amide bonds. The van der Waals surface area contributed by atoms with Gasteiger partial charge in [-0.15, -0.1) is 0 Å². The molecular weight excluding hydrogens is 662 g/mol. The number of thiophene rings is 1. The highest BCUT2D eigenvalue weighted by molar-refractivity contribution is 7.08. The lowest BCUT2D eigenvalue weighted by molar-refractivity contribution is -0.138. The monoisotopic (exact) mass is 696 g/mol. The topological polar surface area (TPSA) is 75.5 Å². The summed E-state index contributed by atoms with van der Waals surface area (Å²) in [5, 5.41) is 6.79. The first-order valence-corrected chi connectivity index (χ1v) is 17.1. The lowest BCUT2D eigenvalue weighted by Gasteiger charge is -2.33. The molecule has 1 aliphatic rings. The lowest BCUT2D eigenvalue weighted by atomic mass is 10.0. The van der Waals surface area contributed by atoms with Crippen LogP contribution in [0.4, 0.5) is 18.9 Å². The van der Waals surface area contributed by atoms with Crippen molar-refractivity contribution in [1.29, 1.82) is 0 Å². The van der Waals surface area contributed by atoms with Crippen LogP contribution in [0.25, 0.3) is 33.5 Å². The van der Waals surface area contributed by atoms with Gasteiger partial charge in [0.1, 0.15) is 11.3 Å². The minimum atomic E-state index is -4.57. The number of nitrogens with one attached hydrogen (secondary N) is 1. The number of likely N-dealkylation sites (N-methyl/N-ethyl adjacent to an activating group) is 1. The molecule has 1 fully saturated rings. The molecule has 0 atom stereocenters. The summed E-state index contributed by atoms with van der Waals surface area (Å²) in [6.07, 6.45) is -2.70. The number of halogens is 3. The Morgan fingerprint density at radius 3 is 2.38 bits per heavy atom. The number of carbonyl (C=O) groups excluding carboxylic acids is 1. The van der Waals surface area contributed by atoms with Gasteiger partial charge in [-0.2, -0.15) is 29.5 Å². The first-order valence-electron chi connectivity index (χ1n) is 16.2. The quantitative estimate of drug-likeness (QED) is 0.172. The van der Waals surface area contributed by atoms with E-state index in [0.29, 0.717) is 41.6 Å². The van der Waals surface area contributed by atoms with Gasteiger partial charge in [0.15, 0.2) is 5.82 Å². The number of amides is 1. The lowest BCUT2D eigenvalue weighted by Crippen LogP contribution is -2.44. The van der Waals surface area contributed by atoms with E-state index in [4.69, 9.17) is 14.7 Å². The fourth-order valence-electron chi connectivity index (χ4n) is 6.06. The molecule has 3 aromatic heterocycles. The molecule has 0 unspecified atom stereocenters. The third-order valence-electron chi connectivity index (χ3n) is 9.01. The second-order valence-corrected chi connectivity index (χ2v) is 13.4. The van der Waals surface area contributed by atoms with Crippen molar-refractivity contribution < 1.29 is 22.7 Å². The van der Waals surface area contributed by atoms with Crippen molar-refractivity contribution in [3.8, 4) is 34.1 Å². The Kier molecular flexibility index (Phi) is 9.17. The van der Waals surface area contributed by atoms with Gasteiger partial charge in [-0.1, -0.05) is 36.4 Å². The van der Waals surface area contributed by atoms with Crippen LogP contribution in [-0.2, 0) is 19.8 Å². The van der Waals surface area contributed by atoms with Gasteiger partial charge in [0.2, 0.25) is 5.88 Å². The van der Waals surface area contributed by atoms with Crippen molar-refractivity contribution in [1.82, 2.24) is 24.3 Å². The standard InChI is InChI=1S/C38H35F3N6O2S/c1-24-4-5-27(36(48)42-30-11-10-28(31(21-30)38(39,40)41)22-47-17-15-45(2)16-18-47)20-33(24)49-37-34-32(12-14-46(34)3)43-35(44-37)26-8-6-25(7-9-26)29-13-19-50-23-29/h4-14,19-21,23H,15-18,22H2,1-3H3,(H,42,48). The molecule has 0 radical (unpaired) electrons. The van der Waals surface area contributed by atoms with Crippen LogP contribution in [0.5, 0.6) is 11.6 Å². The molecule has 0 spiro atoms. The number of carbonyl (C=O) groups is 1. The van der Waals surface area contributed by atoms with Crippen LogP contribution in [0.2, 0.25) is 0 Å². The minimum Gasteiger partial charge on any atom is -0.437 e. The van der Waals surface area contributed by atoms with Crippen LogP contribution < -0.4 is 10.1 Å². The van der Waals surface area contributed by atoms with E-state index in [1.807, 2.05) is 72.4 Å². The number of aryl methyl sites for hydroxylation is 2. The van der Waals surface area contributed by atoms with Gasteiger partial charge in [-0.05, 0) is 83.4 Å². The number of aromatic nitrogens is 3. The predicted molar refractivity (Wildman–Crippen MR) is 191 cm³/mol. The van der Waals surface area contributed by atoms with E-state index in [1.54, 1.807) is 29.5 Å². The smallest absolute Gasteiger partial charge is 0.416 e. The first kappa shape index (κ1) is 33.5. The van der Waals surface area contributed by atoms with Crippen molar-refractivity contribution in [2.24, 2.45) is 7.05 Å². The molecule has 1 saturated heterocycles. The van der Waals surface area contributed by atoms with Crippen molar-refractivity contribution >= 4 is 34.0 Å². The van der Waals surface area contributed by atoms with Gasteiger partial charge in [0.25, 0.3) is 5.91 Å². The molecule has 12 heteroatoms. The molecule has 0 saturated carbocycles. The summed E-state index contributed by atoms with van der Waals surface area (Å²) in [7, 11) is 3.87. The number of piperazine rings is 1. The van der Waals surface area contributed by atoms with Crippen LogP contribution in [0, 0.1) is 6.92 Å². The average Bonchev–Trinajstić information content (AvgIpc) is 3.77. The fourth-order valence-corrected chi connectivity index (χ4v) is 6.72. The van der Waals surface area contributed by atoms with Crippen LogP contribution in [0.3, 0.4) is 0 Å². The SMILES string of the molecule is Cc1ccc(C(=O)Nc2ccc(CN3CCN(C)CC3)c(C(F)(F)F)c2)cc1Oc1nc(-c2ccc(-c3ccsc3)cc2)nc2ccn(C)c12. The zero-order chi connectivity index (χ0) is 35.0. The molecule has 6 aromatic rings. The molecule has 256 valence electrons. The second-order valence-electron chi connectivity index (χ2n) is 12.6. The normalized spacial score (nSPS) is 14.3. The van der Waals surface area contributed by atoms with E-state index in [2.05, 4.69) is 21.7 Å². The van der Waals surface area contributed by atoms with Gasteiger partial charge in [-0.25, -0.2) is 4.98 Å². The average molecular weight is 697 g/mol. The summed E-state index contributed by atoms with van der Waals surface area (Å²) in [5.41, 5.74) is 4.87. The van der Waals surface area contributed by atoms with E-state index in [9.17, 15) is 18.0 Å². The molecule has 8 nitrogen and oxygen atoms in total. The third-order valence-corrected chi connectivity index (χ3v) is 9.69. The zero-order valence-electron chi connectivity index (χ0n) is 27.8. The number of hydrogen-bond donors (Lipinski definition) is 1. The largest absolute Gasteiger partial charge is 0.437 e. The molecule has 7 rings (SSSR count). The third kappa shape index (κ3) is 7.14. The summed E-state index contributed by atoms with van der Waals surface area (Å²) >= 11 is 1.64. The van der Waals surface area contributed by atoms with Crippen molar-refractivity contribution in [2.75, 3.05) is 38.5 Å². The predicted octanol–water partition coefficient (Wildman–Crippen LogP) is 8.48. The summed E-state index contributed by atoms with van der Waals surface area (Å²) in [6, 6.07) is 20.9. The van der Waals surface area contributed by atoms with Gasteiger partial charge < -0.3 is 19.5 Å². The van der Waals surface area contributed by atoms with Gasteiger partial charge in [0.05, 0.1) is 11.1 Å². The molecule has 0 aliphatic carbocycles. The highest BCUT2D eigenvalue weighted by Gasteiger charge is 2.34. The summed E-state index contributed by atoms with van der Waals surface area (Å²) in [6.45, 7) is 5.03. The van der Waals surface area contributed by atoms with Crippen LogP contribution in [0.1, 0.15) is 27.0 Å². The van der Waals surface area contributed by atoms with Crippen LogP contribution >= 0.6 is 11.3 Å². The Labute approximate surface area is 291 Å². The minimum absolute atomic E-state index is 0.0588. The second kappa shape index (κ2) is 13.7. The molecule has 4 heterocycles. The van der Waals surface area contributed by atoms with E-state index in [0.717, 1.165) is 41.4 Å². The summed E-state index contributed by atoms with van der Waals surface area (Å²) < 4.78 is 50.8. The van der Waals surface area contributed by atoms with Crippen LogP contribution in [0.15, 0.2) is 89.8 Å². The highest BCUT2D eigenvalue weighted by atomic mass is 32.1. The molecule has 50 heavy (non-hydrogen) atoms. The van der Waals surface area contributed by atoms with Crippen molar-refractivity contribution in [3.05, 3.63) is 112 Å². The number of rotatable bonds is 8. The molecule has 1 N–H and O–H groups in total. The van der Waals surface area contributed by atoms with E-state index in [1.165, 1.54) is 12.1 Å². The van der Waals surface area contributed by atoms with E-state index < -0.39 is 17.6 Å². The van der Waals surface area contributed by atoms with Crippen LogP contribution in [-0.4, -0.2) is 63.5 Å². The number of fused-ring (bicyclic) bond motifs is 1. The summed E-state index contributed by atoms with van der Waals surface area (Å²) in [4.78, 5) is 27.2. The maximum atomic E-state index is 14.2. The van der Waals surface area contributed by atoms with Gasteiger partial charge >= 0.3 is 6.18 Å². The number of benzene rings is 3. The van der Waals surface area contributed by atoms with E-state index >= 15 is 0 Å². The Hall–Kier alpha value is -5.04. The Balaban J connectivity index is 1.13. The van der Waals surface area contributed by atoms with Gasteiger partial charge in [0, 0.05) is 62.8 Å². The molecule has 3 aromatic carbocycles. The Bertz CT molecular complexity index is 2150. The number of hydrogen-bond acceptors (Lipinski definition) is 7. The highest BCUT2D eigenvalue weighted by Crippen LogP contribution is 2.36. The van der Waals surface area contributed by atoms with E-state index in [-0.39, 0.29) is 23.4 Å². The Morgan fingerprint density at radius 2 is 1.66 bits per heavy atom. The zero-order valence-corrected chi connectivity index (χ0v) is 28.6. The maximum Gasteiger partial charge on any atom is 0.416 e. The Morgan fingerprint density at radius 1 is 0.900 bits per heavy atom. The number of ether oxygens (including phenoxy) is 1. The first-order chi connectivity index (χ1) is 24.0. The number of nitrogens with zero attached hydrogens (tertiary/aromatic N) is 5. The van der Waals surface area contributed by atoms with Gasteiger partial charge in [-0.3, -0.25) is 9.69 Å². The maximum absolute atomic E-state index is 14.2. The fraction of sp³-hybridized carbons (Fsp3) is 0.237. The van der Waals surface area contributed by atoms with Crippen molar-refractivity contribution in [2.45, 2.75) is 19.6 Å². The molecule has 0 bridgehead atoms. The number of alkyl halides is 3. The number of anilines is 1. The molecule has 1 aliphatic heterocycles. The molecular formula is C38H35F3N6O2S. The summed E-state index contributed by atoms with van der Waals surface area (Å²) in [5.74, 6) is 0.619.